The number of amides is 13. The lowest BCUT2D eigenvalue weighted by molar-refractivity contribution is -0.144. The zero-order valence-electron chi connectivity index (χ0n) is 54.5. The fraction of sp³-hybridized carbons (Fsp3) is 0.587. The third-order valence-electron chi connectivity index (χ3n) is 16.0. The number of hydrogen-bond acceptors (Lipinski definition) is 17. The smallest absolute Gasteiger partial charge is 0.245 e. The molecule has 32 heteroatoms. The summed E-state index contributed by atoms with van der Waals surface area (Å²) >= 11 is 1.45. The number of carbonyl (C=O) groups excluding carboxylic acids is 13. The van der Waals surface area contributed by atoms with E-state index in [0.29, 0.717) is 55.4 Å². The van der Waals surface area contributed by atoms with Crippen molar-refractivity contribution in [2.45, 2.75) is 183 Å². The molecule has 13 amide bonds. The second-order valence-electron chi connectivity index (χ2n) is 24.1. The minimum Gasteiger partial charge on any atom is -0.370 e. The van der Waals surface area contributed by atoms with Gasteiger partial charge in [0.25, 0.3) is 0 Å². The molecule has 0 radical (unpaired) electrons. The number of nitrogens with two attached hydrogens (primary N) is 7. The number of primary amides is 3. The van der Waals surface area contributed by atoms with Crippen molar-refractivity contribution >= 4 is 94.5 Å². The van der Waals surface area contributed by atoms with Gasteiger partial charge in [0.15, 0.2) is 5.96 Å². The summed E-state index contributed by atoms with van der Waals surface area (Å²) in [6.45, 7) is 3.86. The minimum absolute atomic E-state index is 0.0736. The Bertz CT molecular complexity index is 2960. The molecule has 0 spiro atoms. The van der Waals surface area contributed by atoms with E-state index in [-0.39, 0.29) is 83.0 Å². The van der Waals surface area contributed by atoms with Crippen molar-refractivity contribution in [2.75, 3.05) is 44.7 Å². The fourth-order valence-electron chi connectivity index (χ4n) is 11.0. The van der Waals surface area contributed by atoms with E-state index < -0.39 is 169 Å². The number of guanidine groups is 1. The van der Waals surface area contributed by atoms with Gasteiger partial charge in [-0.05, 0) is 119 Å². The number of rotatable bonds is 42. The molecule has 31 nitrogen and oxygen atoms in total. The Balaban J connectivity index is 1.56. The Kier molecular flexibility index (Phi) is 33.9. The lowest BCUT2D eigenvalue weighted by Crippen LogP contribution is -2.60. The molecule has 2 aliphatic rings. The van der Waals surface area contributed by atoms with Crippen molar-refractivity contribution in [3.05, 3.63) is 71.8 Å². The molecule has 0 unspecified atom stereocenters. The largest absolute Gasteiger partial charge is 0.370 e. The van der Waals surface area contributed by atoms with Crippen LogP contribution in [0.5, 0.6) is 0 Å². The first-order chi connectivity index (χ1) is 45.2. The predicted octanol–water partition coefficient (Wildman–Crippen LogP) is -3.71. The summed E-state index contributed by atoms with van der Waals surface area (Å²) in [5, 5.41) is 21.1. The first kappa shape index (κ1) is 78.5. The molecule has 2 aromatic carbocycles. The molecule has 22 N–H and O–H groups in total. The van der Waals surface area contributed by atoms with Crippen LogP contribution in [0.1, 0.15) is 121 Å². The Morgan fingerprint density at radius 1 is 0.537 bits per heavy atom. The molecule has 2 heterocycles. The third kappa shape index (κ3) is 27.5. The highest BCUT2D eigenvalue weighted by molar-refractivity contribution is 7.98. The average molecular weight is 1350 g/mol. The number of likely N-dealkylation sites (tertiary alicyclic amines) is 2. The number of nitrogens with one attached hydrogen (secondary N) is 8. The lowest BCUT2D eigenvalue weighted by atomic mass is 10.0. The molecule has 4 rings (SSSR count). The van der Waals surface area contributed by atoms with Crippen LogP contribution in [0.15, 0.2) is 65.7 Å². The van der Waals surface area contributed by atoms with Crippen molar-refractivity contribution in [2.24, 2.45) is 51.0 Å². The molecule has 0 saturated carbocycles. The standard InChI is InChI=1S/C63H98N18O13S/c1-37(2)33-45(57(89)74-41(53(68)85)27-32-95-3)73-52(84)36-72-54(86)46(34-38-15-6-4-7-16-38)78-58(90)47(35-39-17-8-5-9-18-39)79-56(88)42(23-25-50(66)82)75-55(87)43(24-26-51(67)83)76-59(91)49-22-14-31-81(49)62(94)44(20-10-11-28-64)77-60(92)48-21-13-30-80(48)61(93)40(65)19-12-29-71-63(69)70/h4-9,15-18,37,40-49H,10-14,19-36,64-65H2,1-3H3,(H2,66,82)(H2,67,83)(H2,68,85)(H,72,86)(H,73,84)(H,74,89)(H,75,87)(H,76,91)(H,77,92)(H,78,90)(H,79,88)(H4,69,70,71)/t40-,41+,42+,43+,44-,45+,46+,47-,48+,49+/m1/s1. The number of hydrogen-bond donors (Lipinski definition) is 15. The molecular weight excluding hydrogens is 1250 g/mol. The first-order valence-electron chi connectivity index (χ1n) is 32.2. The van der Waals surface area contributed by atoms with Gasteiger partial charge in [0.05, 0.1) is 12.6 Å². The molecule has 2 fully saturated rings. The number of unbranched alkanes of at least 4 members (excludes halogenated alkanes) is 1. The van der Waals surface area contributed by atoms with Gasteiger partial charge in [0.2, 0.25) is 76.8 Å². The van der Waals surface area contributed by atoms with Crippen LogP contribution in [-0.4, -0.2) is 198 Å². The molecule has 10 atom stereocenters. The minimum atomic E-state index is -1.64. The van der Waals surface area contributed by atoms with Crippen molar-refractivity contribution in [1.82, 2.24) is 52.3 Å². The summed E-state index contributed by atoms with van der Waals surface area (Å²) < 4.78 is 0. The van der Waals surface area contributed by atoms with E-state index in [9.17, 15) is 62.3 Å². The summed E-state index contributed by atoms with van der Waals surface area (Å²) in [5.74, 6) is -9.80. The molecule has 0 aromatic heterocycles. The third-order valence-corrected chi connectivity index (χ3v) is 16.7. The molecular formula is C63H98N18O13S. The van der Waals surface area contributed by atoms with Crippen molar-refractivity contribution in [3.8, 4) is 0 Å². The molecule has 0 bridgehead atoms. The first-order valence-corrected chi connectivity index (χ1v) is 33.6. The van der Waals surface area contributed by atoms with Gasteiger partial charge in [0.1, 0.15) is 54.4 Å². The molecule has 2 saturated heterocycles. The van der Waals surface area contributed by atoms with Gasteiger partial charge in [-0.3, -0.25) is 67.3 Å². The summed E-state index contributed by atoms with van der Waals surface area (Å²) in [6.07, 6.45) is 3.12. The highest BCUT2D eigenvalue weighted by Gasteiger charge is 2.42. The quantitative estimate of drug-likeness (QED) is 0.0173. The van der Waals surface area contributed by atoms with Crippen LogP contribution in [0.4, 0.5) is 0 Å². The SMILES string of the molecule is CSCC[C@H](NC(=O)[C@H](CC(C)C)NC(=O)CNC(=O)[C@H](Cc1ccccc1)NC(=O)[C@@H](Cc1ccccc1)NC(=O)[C@H](CCC(N)=O)NC(=O)[C@H](CCC(N)=O)NC(=O)[C@@H]1CCCN1C(=O)[C@@H](CCCCN)NC(=O)[C@@H]1CCCN1C(=O)[C@H](N)CCCN=C(N)N)C(N)=O. The van der Waals surface area contributed by atoms with Gasteiger partial charge >= 0.3 is 0 Å². The van der Waals surface area contributed by atoms with E-state index in [1.165, 1.54) is 21.6 Å². The van der Waals surface area contributed by atoms with Gasteiger partial charge in [-0.25, -0.2) is 0 Å². The second-order valence-corrected chi connectivity index (χ2v) is 25.1. The highest BCUT2D eigenvalue weighted by Crippen LogP contribution is 2.24. The van der Waals surface area contributed by atoms with Crippen LogP contribution in [0, 0.1) is 5.92 Å². The van der Waals surface area contributed by atoms with Gasteiger partial charge in [-0.1, -0.05) is 74.5 Å². The molecule has 2 aliphatic heterocycles. The van der Waals surface area contributed by atoms with E-state index in [2.05, 4.69) is 47.5 Å². The van der Waals surface area contributed by atoms with E-state index in [1.807, 2.05) is 20.1 Å². The van der Waals surface area contributed by atoms with E-state index in [4.69, 9.17) is 40.1 Å². The van der Waals surface area contributed by atoms with Crippen LogP contribution in [-0.2, 0) is 75.2 Å². The summed E-state index contributed by atoms with van der Waals surface area (Å²) in [6, 6.07) is 4.51. The molecule has 95 heavy (non-hydrogen) atoms. The Labute approximate surface area is 558 Å². The number of carbonyl (C=O) groups is 13. The molecule has 524 valence electrons. The maximum atomic E-state index is 14.7. The summed E-state index contributed by atoms with van der Waals surface area (Å²) in [5.41, 5.74) is 40.6. The molecule has 2 aromatic rings. The maximum Gasteiger partial charge on any atom is 0.245 e. The normalized spacial score (nSPS) is 16.8. The number of nitrogens with zero attached hydrogens (tertiary/aromatic N) is 3. The van der Waals surface area contributed by atoms with Crippen molar-refractivity contribution in [3.63, 3.8) is 0 Å². The van der Waals surface area contributed by atoms with Crippen LogP contribution in [0.3, 0.4) is 0 Å². The van der Waals surface area contributed by atoms with Crippen molar-refractivity contribution in [1.29, 1.82) is 0 Å². The van der Waals surface area contributed by atoms with E-state index in [1.54, 1.807) is 60.7 Å². The van der Waals surface area contributed by atoms with Crippen LogP contribution < -0.4 is 82.7 Å². The number of aliphatic imine (C=N–C) groups is 1. The topological polar surface area (TPSA) is 519 Å². The number of thioether (sulfide) groups is 1. The number of benzene rings is 2. The van der Waals surface area contributed by atoms with Crippen LogP contribution >= 0.6 is 11.8 Å². The maximum absolute atomic E-state index is 14.7. The Morgan fingerprint density at radius 3 is 1.51 bits per heavy atom. The monoisotopic (exact) mass is 1350 g/mol. The van der Waals surface area contributed by atoms with E-state index >= 15 is 0 Å². The Morgan fingerprint density at radius 2 is 1.01 bits per heavy atom. The second kappa shape index (κ2) is 41.0. The average Bonchev–Trinajstić information content (AvgIpc) is 1.74. The van der Waals surface area contributed by atoms with Gasteiger partial charge in [0, 0.05) is 45.3 Å². The zero-order valence-corrected chi connectivity index (χ0v) is 55.3. The van der Waals surface area contributed by atoms with Gasteiger partial charge in [-0.2, -0.15) is 11.8 Å². The van der Waals surface area contributed by atoms with Gasteiger partial charge < -0.3 is 92.5 Å². The van der Waals surface area contributed by atoms with Gasteiger partial charge in [-0.15, -0.1) is 0 Å². The summed E-state index contributed by atoms with van der Waals surface area (Å²) in [4.78, 5) is 185. The Hall–Kier alpha value is -8.91. The molecule has 0 aliphatic carbocycles. The summed E-state index contributed by atoms with van der Waals surface area (Å²) in [7, 11) is 0. The van der Waals surface area contributed by atoms with Crippen molar-refractivity contribution < 1.29 is 62.3 Å². The predicted molar refractivity (Wildman–Crippen MR) is 356 cm³/mol. The van der Waals surface area contributed by atoms with Crippen LogP contribution in [0.2, 0.25) is 0 Å². The van der Waals surface area contributed by atoms with Crippen LogP contribution in [0.25, 0.3) is 0 Å². The highest BCUT2D eigenvalue weighted by atomic mass is 32.2. The van der Waals surface area contributed by atoms with E-state index in [0.717, 1.165) is 0 Å². The fourth-order valence-corrected chi connectivity index (χ4v) is 11.5. The lowest BCUT2D eigenvalue weighted by Gasteiger charge is -2.32. The zero-order chi connectivity index (χ0) is 70.1.